The number of ether oxygens (including phenoxy) is 5. The van der Waals surface area contributed by atoms with E-state index in [1.165, 1.54) is 11.5 Å². The highest BCUT2D eigenvalue weighted by Crippen LogP contribution is 2.43. The van der Waals surface area contributed by atoms with Crippen LogP contribution >= 0.6 is 22.6 Å². The topological polar surface area (TPSA) is 182 Å². The summed E-state index contributed by atoms with van der Waals surface area (Å²) < 4.78 is 30.1. The van der Waals surface area contributed by atoms with Crippen molar-refractivity contribution >= 4 is 68.9 Å². The van der Waals surface area contributed by atoms with E-state index in [-0.39, 0.29) is 16.6 Å². The largest absolute Gasteiger partial charge is 0.494 e. The number of hydrogen-bond donors (Lipinski definition) is 1. The smallest absolute Gasteiger partial charge is 0.303 e. The summed E-state index contributed by atoms with van der Waals surface area (Å²) in [6.45, 7) is 4.06. The van der Waals surface area contributed by atoms with E-state index in [1.54, 1.807) is 36.5 Å². The maximum absolute atomic E-state index is 13.2. The van der Waals surface area contributed by atoms with Gasteiger partial charge in [0.15, 0.2) is 30.0 Å². The Morgan fingerprint density at radius 3 is 2.25 bits per heavy atom. The standard InChI is InChI=1S/C29H26IN3O11/c1-12(34)40-11-20-23(41-13(2)35)24(42-14(3)36)25(43-15(4)37)29(44-20)33-19-8-6-5-7-17(19)22(28(33)39)21-18-9-16(30)10-31-26(18)32-27(21)38/h5-10,20,23-25,29,39H,11H2,1-4H3/t20?,23-,24?,25?,29-/m1/s1. The van der Waals surface area contributed by atoms with Gasteiger partial charge >= 0.3 is 23.9 Å². The monoisotopic (exact) mass is 719 g/mol. The SMILES string of the molecule is CC(=O)OCC1O[C@@H](n2c(O)c(C3=c4cc(I)cnc4=NC3=O)c3ccccc32)C(OC(C)=O)C(OC(C)=O)[C@@H]1OC(C)=O. The molecular formula is C29H26IN3O11. The van der Waals surface area contributed by atoms with Crippen molar-refractivity contribution in [1.29, 1.82) is 0 Å². The predicted molar refractivity (Wildman–Crippen MR) is 156 cm³/mol. The fourth-order valence-electron chi connectivity index (χ4n) is 5.38. The first-order valence-electron chi connectivity index (χ1n) is 13.3. The number of rotatable bonds is 7. The Morgan fingerprint density at radius 2 is 1.59 bits per heavy atom. The lowest BCUT2D eigenvalue weighted by atomic mass is 9.97. The summed E-state index contributed by atoms with van der Waals surface area (Å²) in [5.41, 5.74) is 0.732. The second kappa shape index (κ2) is 12.3. The minimum atomic E-state index is -1.49. The summed E-state index contributed by atoms with van der Waals surface area (Å²) in [7, 11) is 0. The Kier molecular flexibility index (Phi) is 8.69. The zero-order chi connectivity index (χ0) is 31.9. The second-order valence-corrected chi connectivity index (χ2v) is 11.2. The van der Waals surface area contributed by atoms with E-state index >= 15 is 0 Å². The highest BCUT2D eigenvalue weighted by molar-refractivity contribution is 14.1. The van der Waals surface area contributed by atoms with E-state index in [4.69, 9.17) is 23.7 Å². The number of para-hydroxylation sites is 1. The van der Waals surface area contributed by atoms with Crippen LogP contribution in [0.1, 0.15) is 39.5 Å². The van der Waals surface area contributed by atoms with Crippen molar-refractivity contribution in [3.63, 3.8) is 0 Å². The summed E-state index contributed by atoms with van der Waals surface area (Å²) in [6.07, 6.45) is -5.49. The number of nitrogens with zero attached hydrogens (tertiary/aromatic N) is 3. The third kappa shape index (κ3) is 5.88. The van der Waals surface area contributed by atoms with Crippen LogP contribution in [0.25, 0.3) is 16.5 Å². The molecule has 1 N–H and O–H groups in total. The summed E-state index contributed by atoms with van der Waals surface area (Å²) >= 11 is 2.05. The lowest BCUT2D eigenvalue weighted by molar-refractivity contribution is -0.268. The van der Waals surface area contributed by atoms with Gasteiger partial charge in [-0.2, -0.15) is 4.99 Å². The molecule has 1 fully saturated rings. The molecule has 2 aromatic heterocycles. The Labute approximate surface area is 262 Å². The molecule has 44 heavy (non-hydrogen) atoms. The van der Waals surface area contributed by atoms with Gasteiger partial charge in [0.2, 0.25) is 5.88 Å². The lowest BCUT2D eigenvalue weighted by Crippen LogP contribution is -2.60. The van der Waals surface area contributed by atoms with E-state index in [0.717, 1.165) is 24.3 Å². The van der Waals surface area contributed by atoms with Gasteiger partial charge in [0, 0.05) is 48.1 Å². The Morgan fingerprint density at radius 1 is 0.955 bits per heavy atom. The molecule has 2 aliphatic heterocycles. The van der Waals surface area contributed by atoms with E-state index in [0.29, 0.717) is 16.1 Å². The molecule has 5 atom stereocenters. The number of benzene rings is 1. The molecule has 230 valence electrons. The van der Waals surface area contributed by atoms with Crippen molar-refractivity contribution in [2.75, 3.05) is 6.61 Å². The second-order valence-electron chi connectivity index (χ2n) is 9.99. The maximum Gasteiger partial charge on any atom is 0.303 e. The number of carbonyl (C=O) groups is 5. The van der Waals surface area contributed by atoms with Crippen LogP contribution in [0.5, 0.6) is 5.88 Å². The molecule has 14 nitrogen and oxygen atoms in total. The Balaban J connectivity index is 1.77. The maximum atomic E-state index is 13.2. The summed E-state index contributed by atoms with van der Waals surface area (Å²) in [5.74, 6) is -4.14. The van der Waals surface area contributed by atoms with Crippen molar-refractivity contribution in [2.45, 2.75) is 58.3 Å². The number of aromatic nitrogens is 2. The molecule has 5 rings (SSSR count). The van der Waals surface area contributed by atoms with Gasteiger partial charge in [0.25, 0.3) is 5.91 Å². The Bertz CT molecular complexity index is 1840. The molecule has 15 heteroatoms. The van der Waals surface area contributed by atoms with Gasteiger partial charge in [-0.25, -0.2) is 4.98 Å². The fourth-order valence-corrected chi connectivity index (χ4v) is 5.83. The number of aromatic hydroxyl groups is 1. The van der Waals surface area contributed by atoms with Crippen LogP contribution in [0.4, 0.5) is 0 Å². The van der Waals surface area contributed by atoms with E-state index < -0.39 is 72.9 Å². The molecule has 0 bridgehead atoms. The summed E-state index contributed by atoms with van der Waals surface area (Å²) in [4.78, 5) is 70.0. The van der Waals surface area contributed by atoms with Crippen LogP contribution in [-0.4, -0.2) is 75.5 Å². The number of esters is 4. The third-order valence-corrected chi connectivity index (χ3v) is 7.47. The molecule has 4 heterocycles. The van der Waals surface area contributed by atoms with Gasteiger partial charge in [-0.3, -0.25) is 28.5 Å². The number of fused-ring (bicyclic) bond motifs is 2. The van der Waals surface area contributed by atoms with Crippen LogP contribution in [-0.2, 0) is 47.7 Å². The van der Waals surface area contributed by atoms with Crippen LogP contribution in [0.3, 0.4) is 0 Å². The van der Waals surface area contributed by atoms with Crippen LogP contribution in [0, 0.1) is 3.57 Å². The van der Waals surface area contributed by atoms with Crippen molar-refractivity contribution in [2.24, 2.45) is 4.99 Å². The highest BCUT2D eigenvalue weighted by atomic mass is 127. The molecule has 0 radical (unpaired) electrons. The van der Waals surface area contributed by atoms with Crippen LogP contribution in [0.15, 0.2) is 41.5 Å². The number of amides is 1. The Hall–Kier alpha value is -4.38. The quantitative estimate of drug-likeness (QED) is 0.208. The van der Waals surface area contributed by atoms with Crippen molar-refractivity contribution < 1.29 is 52.8 Å². The molecule has 2 aliphatic rings. The molecular weight excluding hydrogens is 693 g/mol. The molecule has 1 aromatic carbocycles. The molecule has 1 saturated heterocycles. The molecule has 3 aromatic rings. The minimum absolute atomic E-state index is 0.0871. The number of hydrogen-bond acceptors (Lipinski definition) is 12. The first-order valence-corrected chi connectivity index (χ1v) is 14.4. The number of halogens is 1. The average Bonchev–Trinajstić information content (AvgIpc) is 3.40. The van der Waals surface area contributed by atoms with E-state index in [9.17, 15) is 29.1 Å². The zero-order valence-electron chi connectivity index (χ0n) is 23.8. The average molecular weight is 719 g/mol. The van der Waals surface area contributed by atoms with Gasteiger partial charge in [-0.15, -0.1) is 0 Å². The third-order valence-electron chi connectivity index (χ3n) is 6.88. The van der Waals surface area contributed by atoms with Crippen molar-refractivity contribution in [3.8, 4) is 5.88 Å². The number of carbonyl (C=O) groups excluding carboxylic acids is 5. The lowest BCUT2D eigenvalue weighted by Gasteiger charge is -2.45. The van der Waals surface area contributed by atoms with Gasteiger partial charge in [-0.05, 0) is 34.7 Å². The van der Waals surface area contributed by atoms with Crippen molar-refractivity contribution in [1.82, 2.24) is 9.55 Å². The molecule has 0 aliphatic carbocycles. The van der Waals surface area contributed by atoms with Crippen molar-refractivity contribution in [3.05, 3.63) is 56.4 Å². The first-order chi connectivity index (χ1) is 20.9. The molecule has 1 amide bonds. The van der Waals surface area contributed by atoms with Gasteiger partial charge in [0.05, 0.1) is 16.7 Å². The van der Waals surface area contributed by atoms with Crippen LogP contribution in [0.2, 0.25) is 0 Å². The molecule has 3 unspecified atom stereocenters. The van der Waals surface area contributed by atoms with Gasteiger partial charge in [-0.1, -0.05) is 18.2 Å². The van der Waals surface area contributed by atoms with Gasteiger partial charge in [0.1, 0.15) is 12.7 Å². The van der Waals surface area contributed by atoms with Crippen LogP contribution < -0.4 is 10.7 Å². The highest BCUT2D eigenvalue weighted by Gasteiger charge is 2.53. The summed E-state index contributed by atoms with van der Waals surface area (Å²) in [5, 5.41) is 12.7. The number of pyridine rings is 1. The summed E-state index contributed by atoms with van der Waals surface area (Å²) in [6, 6.07) is 8.40. The predicted octanol–water partition coefficient (Wildman–Crippen LogP) is 0.961. The molecule has 0 spiro atoms. The van der Waals surface area contributed by atoms with E-state index in [1.807, 2.05) is 22.6 Å². The first kappa shape index (κ1) is 31.1. The minimum Gasteiger partial charge on any atom is -0.494 e. The normalized spacial score (nSPS) is 22.6. The fraction of sp³-hybridized carbons (Fsp3) is 0.345. The van der Waals surface area contributed by atoms with E-state index in [2.05, 4.69) is 9.98 Å². The molecule has 0 saturated carbocycles. The zero-order valence-corrected chi connectivity index (χ0v) is 26.0. The van der Waals surface area contributed by atoms with Gasteiger partial charge < -0.3 is 28.8 Å².